The lowest BCUT2D eigenvalue weighted by Crippen LogP contribution is -2.67. The molecule has 0 aromatic carbocycles. The molecule has 1 unspecified atom stereocenters. The molecule has 4 aliphatic carbocycles. The smallest absolute Gasteiger partial charge is 0.314 e. The Kier molecular flexibility index (Phi) is 6.23. The molecule has 36 heavy (non-hydrogen) atoms. The summed E-state index contributed by atoms with van der Waals surface area (Å²) in [5, 5.41) is 62.8. The van der Waals surface area contributed by atoms with Crippen LogP contribution in [-0.2, 0) is 19.1 Å². The molecule has 10 heteroatoms. The summed E-state index contributed by atoms with van der Waals surface area (Å²) in [7, 11) is 0. The van der Waals surface area contributed by atoms with Crippen molar-refractivity contribution in [2.45, 2.75) is 95.3 Å². The minimum absolute atomic E-state index is 0.0797. The fourth-order valence-electron chi connectivity index (χ4n) is 9.04. The topological polar surface area (TPSA) is 174 Å². The van der Waals surface area contributed by atoms with Gasteiger partial charge < -0.3 is 40.1 Å². The van der Waals surface area contributed by atoms with Gasteiger partial charge in [-0.1, -0.05) is 19.9 Å². The predicted molar refractivity (Wildman–Crippen MR) is 123 cm³/mol. The summed E-state index contributed by atoms with van der Waals surface area (Å²) in [6.45, 7) is 6.98. The van der Waals surface area contributed by atoms with Gasteiger partial charge in [-0.3, -0.25) is 9.59 Å². The highest BCUT2D eigenvalue weighted by Crippen LogP contribution is 2.71. The van der Waals surface area contributed by atoms with Crippen LogP contribution in [-0.4, -0.2) is 91.9 Å². The van der Waals surface area contributed by atoms with Crippen molar-refractivity contribution in [1.82, 2.24) is 0 Å². The summed E-state index contributed by atoms with van der Waals surface area (Å²) < 4.78 is 10.9. The highest BCUT2D eigenvalue weighted by Gasteiger charge is 2.72. The van der Waals surface area contributed by atoms with Crippen molar-refractivity contribution in [3.05, 3.63) is 12.2 Å². The van der Waals surface area contributed by atoms with E-state index in [4.69, 9.17) is 9.47 Å². The van der Waals surface area contributed by atoms with Crippen molar-refractivity contribution in [3.63, 3.8) is 0 Å². The molecule has 2 bridgehead atoms. The summed E-state index contributed by atoms with van der Waals surface area (Å²) in [6, 6.07) is 0. The summed E-state index contributed by atoms with van der Waals surface area (Å²) in [5.41, 5.74) is -2.36. The van der Waals surface area contributed by atoms with Crippen molar-refractivity contribution in [2.24, 2.45) is 34.0 Å². The number of hydrogen-bond acceptors (Lipinski definition) is 10. The molecule has 1 heterocycles. The SMILES string of the molecule is C=C1C(=O)[C@]23CC1C[C@H](O)[C@H]2[C@]1(C)CCC[C@@](C)(C(=O)O[C@@H]2O[C@H](CO)[C@@H](O)[C@H](O)[C@H]2O)[C@H]1[C@H](O)C3. The van der Waals surface area contributed by atoms with Crippen LogP contribution in [0, 0.1) is 34.0 Å². The van der Waals surface area contributed by atoms with Crippen LogP contribution in [0.2, 0.25) is 0 Å². The van der Waals surface area contributed by atoms with Crippen LogP contribution in [0.3, 0.4) is 0 Å². The molecule has 5 fully saturated rings. The van der Waals surface area contributed by atoms with E-state index in [2.05, 4.69) is 6.58 Å². The summed E-state index contributed by atoms with van der Waals surface area (Å²) >= 11 is 0. The fourth-order valence-corrected chi connectivity index (χ4v) is 9.04. The number of rotatable bonds is 3. The Labute approximate surface area is 209 Å². The Balaban J connectivity index is 1.47. The molecule has 6 N–H and O–H groups in total. The number of aliphatic hydroxyl groups is 6. The van der Waals surface area contributed by atoms with Gasteiger partial charge >= 0.3 is 5.97 Å². The van der Waals surface area contributed by atoms with E-state index in [0.29, 0.717) is 37.7 Å². The van der Waals surface area contributed by atoms with E-state index in [1.54, 1.807) is 6.92 Å². The molecule has 1 aliphatic heterocycles. The third kappa shape index (κ3) is 3.35. The molecule has 4 saturated carbocycles. The number of allylic oxidation sites excluding steroid dienone is 1. The van der Waals surface area contributed by atoms with Crippen LogP contribution in [0.5, 0.6) is 0 Å². The van der Waals surface area contributed by atoms with E-state index in [-0.39, 0.29) is 18.1 Å². The lowest BCUT2D eigenvalue weighted by Gasteiger charge is -2.65. The van der Waals surface area contributed by atoms with Crippen LogP contribution in [0.1, 0.15) is 52.4 Å². The molecule has 1 saturated heterocycles. The van der Waals surface area contributed by atoms with Crippen molar-refractivity contribution < 1.29 is 49.7 Å². The third-order valence-electron chi connectivity index (χ3n) is 10.4. The molecule has 5 aliphatic rings. The first-order valence-electron chi connectivity index (χ1n) is 12.9. The number of carbonyl (C=O) groups excluding carboxylic acids is 2. The zero-order valence-corrected chi connectivity index (χ0v) is 20.7. The molecule has 1 spiro atoms. The molecule has 10 nitrogen and oxygen atoms in total. The van der Waals surface area contributed by atoms with Crippen LogP contribution in [0.4, 0.5) is 0 Å². The lowest BCUT2D eigenvalue weighted by atomic mass is 9.39. The minimum Gasteiger partial charge on any atom is -0.432 e. The van der Waals surface area contributed by atoms with Gasteiger partial charge in [0, 0.05) is 17.3 Å². The highest BCUT2D eigenvalue weighted by molar-refractivity contribution is 6.03. The predicted octanol–water partition coefficient (Wildman–Crippen LogP) is -0.581. The van der Waals surface area contributed by atoms with Gasteiger partial charge in [-0.2, -0.15) is 0 Å². The number of ether oxygens (including phenoxy) is 2. The zero-order valence-electron chi connectivity index (χ0n) is 20.7. The average Bonchev–Trinajstić information content (AvgIpc) is 2.99. The van der Waals surface area contributed by atoms with Gasteiger partial charge in [0.2, 0.25) is 6.29 Å². The molecule has 0 radical (unpaired) electrons. The Bertz CT molecular complexity index is 951. The second-order valence-corrected chi connectivity index (χ2v) is 12.3. The van der Waals surface area contributed by atoms with Gasteiger partial charge in [0.05, 0.1) is 24.2 Å². The van der Waals surface area contributed by atoms with Gasteiger partial charge in [0.15, 0.2) is 5.78 Å². The maximum atomic E-state index is 13.7. The third-order valence-corrected chi connectivity index (χ3v) is 10.4. The number of aliphatic hydroxyl groups excluding tert-OH is 6. The van der Waals surface area contributed by atoms with Gasteiger partial charge in [0.25, 0.3) is 0 Å². The monoisotopic (exact) mass is 510 g/mol. The number of Topliss-reactive ketones (excluding diaryl/α,β-unsaturated/α-hetero) is 1. The minimum atomic E-state index is -1.73. The van der Waals surface area contributed by atoms with Crippen LogP contribution in [0.25, 0.3) is 0 Å². The Morgan fingerprint density at radius 2 is 1.72 bits per heavy atom. The van der Waals surface area contributed by atoms with Crippen LogP contribution >= 0.6 is 0 Å². The van der Waals surface area contributed by atoms with Crippen molar-refractivity contribution in [1.29, 1.82) is 0 Å². The van der Waals surface area contributed by atoms with E-state index in [0.717, 1.165) is 0 Å². The normalized spacial score (nSPS) is 54.6. The van der Waals surface area contributed by atoms with Gasteiger partial charge in [-0.05, 0) is 55.9 Å². The Hall–Kier alpha value is -1.40. The molecule has 13 atom stereocenters. The Morgan fingerprint density at radius 1 is 1.03 bits per heavy atom. The number of hydrogen-bond donors (Lipinski definition) is 6. The average molecular weight is 511 g/mol. The summed E-state index contributed by atoms with van der Waals surface area (Å²) in [5.74, 6) is -2.00. The molecule has 0 amide bonds. The molecular weight excluding hydrogens is 472 g/mol. The standard InChI is InChI=1S/C26H38O10/c1-11-12-7-13(28)20-24(2)5-4-6-25(3,19(24)14(29)9-26(20,8-12)21(11)33)23(34)36-22-18(32)17(31)16(30)15(10-27)35-22/h12-20,22,27-32H,1,4-10H2,2-3H3/t12?,13-,14+,15+,16+,17-,18+,19-,20-,22-,24+,25+,26-/m0/s1. The highest BCUT2D eigenvalue weighted by atomic mass is 16.7. The number of esters is 1. The summed E-state index contributed by atoms with van der Waals surface area (Å²) in [6.07, 6.45) is -6.93. The van der Waals surface area contributed by atoms with E-state index in [1.807, 2.05) is 6.92 Å². The maximum Gasteiger partial charge on any atom is 0.314 e. The van der Waals surface area contributed by atoms with E-state index in [9.17, 15) is 40.2 Å². The molecule has 0 aromatic rings. The van der Waals surface area contributed by atoms with Crippen molar-refractivity contribution in [2.75, 3.05) is 6.61 Å². The Morgan fingerprint density at radius 3 is 2.39 bits per heavy atom. The van der Waals surface area contributed by atoms with Crippen LogP contribution < -0.4 is 0 Å². The molecular formula is C26H38O10. The number of carbonyl (C=O) groups is 2. The first kappa shape index (κ1) is 26.2. The molecule has 5 rings (SSSR count). The first-order chi connectivity index (χ1) is 16.8. The quantitative estimate of drug-likeness (QED) is 0.213. The van der Waals surface area contributed by atoms with E-state index in [1.165, 1.54) is 0 Å². The maximum absolute atomic E-state index is 13.7. The second kappa shape index (κ2) is 8.56. The van der Waals surface area contributed by atoms with E-state index < -0.39 is 83.6 Å². The number of ketones is 1. The molecule has 202 valence electrons. The van der Waals surface area contributed by atoms with Crippen molar-refractivity contribution in [3.8, 4) is 0 Å². The van der Waals surface area contributed by atoms with Crippen LogP contribution in [0.15, 0.2) is 12.2 Å². The summed E-state index contributed by atoms with van der Waals surface area (Å²) in [4.78, 5) is 27.1. The number of fused-ring (bicyclic) bond motifs is 3. The largest absolute Gasteiger partial charge is 0.432 e. The fraction of sp³-hybridized carbons (Fsp3) is 0.846. The van der Waals surface area contributed by atoms with Gasteiger partial charge in [-0.15, -0.1) is 0 Å². The molecule has 0 aromatic heterocycles. The van der Waals surface area contributed by atoms with Gasteiger partial charge in [-0.25, -0.2) is 0 Å². The zero-order chi connectivity index (χ0) is 26.4. The first-order valence-corrected chi connectivity index (χ1v) is 12.9. The van der Waals surface area contributed by atoms with Crippen molar-refractivity contribution >= 4 is 11.8 Å². The van der Waals surface area contributed by atoms with E-state index >= 15 is 0 Å². The van der Waals surface area contributed by atoms with Gasteiger partial charge in [0.1, 0.15) is 24.4 Å². The lowest BCUT2D eigenvalue weighted by molar-refractivity contribution is -0.300. The second-order valence-electron chi connectivity index (χ2n) is 12.3.